The molecular weight excluding hydrogens is 518 g/mol. The first-order valence-electron chi connectivity index (χ1n) is 9.50. The number of nitrogens with one attached hydrogen (secondary N) is 1. The fraction of sp³-hybridized carbons (Fsp3) is 0.333. The van der Waals surface area contributed by atoms with E-state index in [0.717, 1.165) is 39.8 Å². The van der Waals surface area contributed by atoms with Crippen molar-refractivity contribution in [3.8, 4) is 0 Å². The van der Waals surface area contributed by atoms with Gasteiger partial charge in [-0.1, -0.05) is 28.1 Å². The van der Waals surface area contributed by atoms with E-state index < -0.39 is 0 Å². The van der Waals surface area contributed by atoms with Gasteiger partial charge in [0.2, 0.25) is 0 Å². The number of rotatable bonds is 2. The maximum Gasteiger partial charge on any atom is 0.321 e. The van der Waals surface area contributed by atoms with Gasteiger partial charge < -0.3 is 15.1 Å². The number of thioether (sulfide) groups is 1. The Kier molecular flexibility index (Phi) is 6.22. The number of likely N-dealkylation sites (tertiary alicyclic amines) is 1. The molecule has 0 unspecified atom stereocenters. The molecule has 2 aliphatic heterocycles. The fourth-order valence-electron chi connectivity index (χ4n) is 3.87. The summed E-state index contributed by atoms with van der Waals surface area (Å²) >= 11 is 8.74. The molecule has 29 heavy (non-hydrogen) atoms. The molecule has 1 spiro atoms. The van der Waals surface area contributed by atoms with Gasteiger partial charge in [0.25, 0.3) is 5.91 Å². The highest BCUT2D eigenvalue weighted by Crippen LogP contribution is 2.44. The van der Waals surface area contributed by atoms with Crippen LogP contribution in [-0.4, -0.2) is 52.0 Å². The summed E-state index contributed by atoms with van der Waals surface area (Å²) in [4.78, 5) is 29.5. The SMILES string of the molecule is O=C(Nc1ccccc1Br)N1CCC2(CC1)SCCN2C(=O)c1ccc(Br)cc1. The molecule has 0 aliphatic carbocycles. The molecule has 5 nitrogen and oxygen atoms in total. The van der Waals surface area contributed by atoms with Crippen molar-refractivity contribution < 1.29 is 9.59 Å². The van der Waals surface area contributed by atoms with E-state index in [4.69, 9.17) is 0 Å². The van der Waals surface area contributed by atoms with E-state index >= 15 is 0 Å². The molecule has 0 atom stereocenters. The van der Waals surface area contributed by atoms with Crippen LogP contribution in [0.25, 0.3) is 0 Å². The molecule has 2 aromatic rings. The molecule has 152 valence electrons. The summed E-state index contributed by atoms with van der Waals surface area (Å²) in [5, 5.41) is 2.97. The first kappa shape index (κ1) is 20.8. The van der Waals surface area contributed by atoms with Crippen LogP contribution in [0, 0.1) is 0 Å². The average molecular weight is 539 g/mol. The third kappa shape index (κ3) is 4.34. The lowest BCUT2D eigenvalue weighted by Gasteiger charge is -2.44. The van der Waals surface area contributed by atoms with Crippen molar-refractivity contribution in [2.45, 2.75) is 17.7 Å². The summed E-state index contributed by atoms with van der Waals surface area (Å²) in [6.07, 6.45) is 1.56. The highest BCUT2D eigenvalue weighted by molar-refractivity contribution is 9.10. The standard InChI is InChI=1S/C21H21Br2N3O2S/c22-16-7-5-15(6-8-16)19(27)26-13-14-29-21(26)9-11-25(12-10-21)20(28)24-18-4-2-1-3-17(18)23/h1-8H,9-14H2,(H,24,28). The van der Waals surface area contributed by atoms with Crippen LogP contribution in [0.1, 0.15) is 23.2 Å². The highest BCUT2D eigenvalue weighted by Gasteiger charge is 2.47. The molecule has 2 heterocycles. The lowest BCUT2D eigenvalue weighted by molar-refractivity contribution is 0.0585. The van der Waals surface area contributed by atoms with Gasteiger partial charge >= 0.3 is 6.03 Å². The van der Waals surface area contributed by atoms with E-state index in [0.29, 0.717) is 18.7 Å². The minimum atomic E-state index is -0.214. The summed E-state index contributed by atoms with van der Waals surface area (Å²) in [6.45, 7) is 2.02. The average Bonchev–Trinajstić information content (AvgIpc) is 3.13. The van der Waals surface area contributed by atoms with Gasteiger partial charge in [-0.15, -0.1) is 11.8 Å². The smallest absolute Gasteiger partial charge is 0.321 e. The maximum atomic E-state index is 13.1. The Balaban J connectivity index is 1.42. The maximum absolute atomic E-state index is 13.1. The van der Waals surface area contributed by atoms with Crippen molar-refractivity contribution >= 4 is 61.2 Å². The summed E-state index contributed by atoms with van der Waals surface area (Å²) in [5.41, 5.74) is 1.48. The Bertz CT molecular complexity index is 914. The second kappa shape index (κ2) is 8.70. The molecule has 2 aliphatic rings. The predicted octanol–water partition coefficient (Wildman–Crippen LogP) is 5.42. The number of hydrogen-bond acceptors (Lipinski definition) is 3. The van der Waals surface area contributed by atoms with Gasteiger partial charge in [0.1, 0.15) is 0 Å². The Morgan fingerprint density at radius 3 is 2.34 bits per heavy atom. The van der Waals surface area contributed by atoms with Crippen LogP contribution >= 0.6 is 43.6 Å². The molecule has 2 saturated heterocycles. The molecule has 0 saturated carbocycles. The zero-order valence-electron chi connectivity index (χ0n) is 15.7. The van der Waals surface area contributed by atoms with Crippen LogP contribution in [0.15, 0.2) is 57.5 Å². The van der Waals surface area contributed by atoms with Gasteiger partial charge in [-0.2, -0.15) is 0 Å². The van der Waals surface area contributed by atoms with Crippen molar-refractivity contribution in [3.63, 3.8) is 0 Å². The lowest BCUT2D eigenvalue weighted by Crippen LogP contribution is -2.54. The van der Waals surface area contributed by atoms with Crippen LogP contribution in [0.2, 0.25) is 0 Å². The number of nitrogens with zero attached hydrogens (tertiary/aromatic N) is 2. The Hall–Kier alpha value is -1.51. The Morgan fingerprint density at radius 2 is 1.66 bits per heavy atom. The minimum absolute atomic E-state index is 0.0774. The van der Waals surface area contributed by atoms with E-state index in [1.807, 2.05) is 70.1 Å². The summed E-state index contributed by atoms with van der Waals surface area (Å²) in [7, 11) is 0. The first-order valence-corrected chi connectivity index (χ1v) is 12.1. The number of carbonyl (C=O) groups is 2. The van der Waals surface area contributed by atoms with Crippen LogP contribution < -0.4 is 5.32 Å². The zero-order valence-corrected chi connectivity index (χ0v) is 19.7. The number of piperidine rings is 1. The van der Waals surface area contributed by atoms with E-state index in [1.165, 1.54) is 0 Å². The number of carbonyl (C=O) groups excluding carboxylic acids is 2. The molecule has 0 radical (unpaired) electrons. The van der Waals surface area contributed by atoms with Gasteiger partial charge in [0.05, 0.1) is 10.6 Å². The van der Waals surface area contributed by atoms with Gasteiger partial charge in [-0.25, -0.2) is 4.79 Å². The summed E-state index contributed by atoms with van der Waals surface area (Å²) in [6, 6.07) is 15.0. The van der Waals surface area contributed by atoms with Crippen LogP contribution in [-0.2, 0) is 0 Å². The zero-order chi connectivity index (χ0) is 20.4. The van der Waals surface area contributed by atoms with Crippen LogP contribution in [0.5, 0.6) is 0 Å². The number of benzene rings is 2. The van der Waals surface area contributed by atoms with Gasteiger partial charge in [0.15, 0.2) is 0 Å². The van der Waals surface area contributed by atoms with E-state index in [1.54, 1.807) is 0 Å². The molecule has 0 aromatic heterocycles. The van der Waals surface area contributed by atoms with Crippen molar-refractivity contribution in [1.82, 2.24) is 9.80 Å². The topological polar surface area (TPSA) is 52.7 Å². The van der Waals surface area contributed by atoms with Crippen molar-refractivity contribution in [2.24, 2.45) is 0 Å². The number of para-hydroxylation sites is 1. The molecule has 8 heteroatoms. The molecule has 4 rings (SSSR count). The molecule has 3 amide bonds. The number of urea groups is 1. The number of anilines is 1. The van der Waals surface area contributed by atoms with Crippen molar-refractivity contribution in [2.75, 3.05) is 30.7 Å². The molecule has 2 aromatic carbocycles. The highest BCUT2D eigenvalue weighted by atomic mass is 79.9. The monoisotopic (exact) mass is 537 g/mol. The second-order valence-electron chi connectivity index (χ2n) is 7.16. The normalized spacial score (nSPS) is 18.1. The first-order chi connectivity index (χ1) is 14.0. The van der Waals surface area contributed by atoms with E-state index in [-0.39, 0.29) is 16.8 Å². The molecule has 0 bridgehead atoms. The number of amides is 3. The summed E-state index contributed by atoms with van der Waals surface area (Å²) < 4.78 is 1.82. The van der Waals surface area contributed by atoms with Crippen molar-refractivity contribution in [3.05, 3.63) is 63.0 Å². The minimum Gasteiger partial charge on any atom is -0.324 e. The van der Waals surface area contributed by atoms with E-state index in [2.05, 4.69) is 37.2 Å². The quantitative estimate of drug-likeness (QED) is 0.555. The van der Waals surface area contributed by atoms with Crippen molar-refractivity contribution in [1.29, 1.82) is 0 Å². The van der Waals surface area contributed by atoms with Gasteiger partial charge in [-0.05, 0) is 65.2 Å². The van der Waals surface area contributed by atoms with Crippen LogP contribution in [0.4, 0.5) is 10.5 Å². The lowest BCUT2D eigenvalue weighted by atomic mass is 10.0. The third-order valence-corrected chi connectivity index (χ3v) is 8.23. The Morgan fingerprint density at radius 1 is 0.966 bits per heavy atom. The number of hydrogen-bond donors (Lipinski definition) is 1. The predicted molar refractivity (Wildman–Crippen MR) is 124 cm³/mol. The van der Waals surface area contributed by atoms with E-state index in [9.17, 15) is 9.59 Å². The van der Waals surface area contributed by atoms with Crippen LogP contribution in [0.3, 0.4) is 0 Å². The van der Waals surface area contributed by atoms with Gasteiger partial charge in [0, 0.05) is 39.9 Å². The molecule has 1 N–H and O–H groups in total. The fourth-order valence-corrected chi connectivity index (χ4v) is 5.98. The Labute approximate surface area is 191 Å². The molecular formula is C21H21Br2N3O2S. The second-order valence-corrected chi connectivity index (χ2v) is 10.4. The summed E-state index contributed by atoms with van der Waals surface area (Å²) in [5.74, 6) is 1.01. The van der Waals surface area contributed by atoms with Gasteiger partial charge in [-0.3, -0.25) is 4.79 Å². The molecule has 2 fully saturated rings. The largest absolute Gasteiger partial charge is 0.324 e. The third-order valence-electron chi connectivity index (χ3n) is 5.46. The number of halogens is 2.